The molecule has 8 heteroatoms. The number of nitrogens with one attached hydrogen (secondary N) is 3. The molecule has 0 radical (unpaired) electrons. The van der Waals surface area contributed by atoms with Gasteiger partial charge in [-0.15, -0.1) is 0 Å². The molecule has 8 nitrogen and oxygen atoms in total. The van der Waals surface area contributed by atoms with Gasteiger partial charge in [0, 0.05) is 13.0 Å². The van der Waals surface area contributed by atoms with Crippen LogP contribution >= 0.6 is 0 Å². The van der Waals surface area contributed by atoms with Gasteiger partial charge in [0.1, 0.15) is 12.2 Å². The Hall–Kier alpha value is -3.29. The average Bonchev–Trinajstić information content (AvgIpc) is 2.66. The molecule has 1 aliphatic heterocycles. The first-order valence-corrected chi connectivity index (χ1v) is 9.48. The maximum absolute atomic E-state index is 12.0. The van der Waals surface area contributed by atoms with Crippen molar-refractivity contribution in [3.63, 3.8) is 0 Å². The second-order valence-corrected chi connectivity index (χ2v) is 7.83. The van der Waals surface area contributed by atoms with Gasteiger partial charge in [-0.3, -0.25) is 10.3 Å². The fourth-order valence-corrected chi connectivity index (χ4v) is 2.87. The van der Waals surface area contributed by atoms with Gasteiger partial charge in [-0.25, -0.2) is 9.59 Å². The van der Waals surface area contributed by atoms with Gasteiger partial charge in [0.25, 0.3) is 0 Å². The zero-order valence-electron chi connectivity index (χ0n) is 16.8. The van der Waals surface area contributed by atoms with E-state index in [-0.39, 0.29) is 12.6 Å². The predicted octanol–water partition coefficient (Wildman–Crippen LogP) is 3.69. The first-order valence-electron chi connectivity index (χ1n) is 9.48. The van der Waals surface area contributed by atoms with Crippen LogP contribution in [-0.2, 0) is 22.5 Å². The summed E-state index contributed by atoms with van der Waals surface area (Å²) in [7, 11) is 0. The predicted molar refractivity (Wildman–Crippen MR) is 110 cm³/mol. The van der Waals surface area contributed by atoms with E-state index in [4.69, 9.17) is 9.47 Å². The number of nitrogens with zero attached hydrogens (tertiary/aromatic N) is 1. The van der Waals surface area contributed by atoms with Crippen LogP contribution < -0.4 is 16.0 Å². The van der Waals surface area contributed by atoms with Gasteiger partial charge in [-0.1, -0.05) is 30.3 Å². The maximum Gasteiger partial charge on any atom is 0.412 e. The Morgan fingerprint density at radius 2 is 1.97 bits per heavy atom. The van der Waals surface area contributed by atoms with Crippen LogP contribution in [0.2, 0.25) is 0 Å². The summed E-state index contributed by atoms with van der Waals surface area (Å²) in [6.45, 7) is 6.16. The number of alkyl carbamates (subject to hydrolysis) is 1. The minimum absolute atomic E-state index is 0.136. The number of rotatable bonds is 4. The number of ether oxygens (including phenoxy) is 2. The quantitative estimate of drug-likeness (QED) is 0.726. The third-order valence-electron chi connectivity index (χ3n) is 4.13. The average molecular weight is 398 g/mol. The van der Waals surface area contributed by atoms with Crippen molar-refractivity contribution >= 4 is 23.6 Å². The number of amides is 2. The lowest BCUT2D eigenvalue weighted by molar-refractivity contribution is 0.0635. The van der Waals surface area contributed by atoms with Crippen LogP contribution in [0.15, 0.2) is 42.6 Å². The van der Waals surface area contributed by atoms with Gasteiger partial charge < -0.3 is 20.1 Å². The molecule has 3 rings (SSSR count). The molecule has 29 heavy (non-hydrogen) atoms. The molecule has 2 aromatic rings. The molecule has 0 fully saturated rings. The topological polar surface area (TPSA) is 102 Å². The van der Waals surface area contributed by atoms with Crippen molar-refractivity contribution < 1.29 is 19.1 Å². The summed E-state index contributed by atoms with van der Waals surface area (Å²) in [4.78, 5) is 28.3. The molecule has 0 bridgehead atoms. The number of anilines is 2. The molecule has 1 aliphatic rings. The molecule has 1 atom stereocenters. The molecule has 0 saturated heterocycles. The summed E-state index contributed by atoms with van der Waals surface area (Å²) < 4.78 is 10.5. The molecule has 0 spiro atoms. The summed E-state index contributed by atoms with van der Waals surface area (Å²) in [5, 5.41) is 8.75. The van der Waals surface area contributed by atoms with E-state index in [0.717, 1.165) is 16.9 Å². The number of hydrogen-bond acceptors (Lipinski definition) is 6. The lowest BCUT2D eigenvalue weighted by atomic mass is 10.0. The van der Waals surface area contributed by atoms with Crippen LogP contribution in [0.3, 0.4) is 0 Å². The van der Waals surface area contributed by atoms with Crippen LogP contribution in [0.4, 0.5) is 21.0 Å². The lowest BCUT2D eigenvalue weighted by Gasteiger charge is -2.26. The lowest BCUT2D eigenvalue weighted by Crippen LogP contribution is -2.44. The Bertz CT molecular complexity index is 865. The number of fused-ring (bicyclic) bond motifs is 1. The molecule has 1 aromatic heterocycles. The highest BCUT2D eigenvalue weighted by Gasteiger charge is 2.22. The third-order valence-corrected chi connectivity index (χ3v) is 4.13. The molecule has 0 unspecified atom stereocenters. The van der Waals surface area contributed by atoms with Crippen LogP contribution in [-0.4, -0.2) is 35.4 Å². The summed E-state index contributed by atoms with van der Waals surface area (Å²) >= 11 is 0. The Morgan fingerprint density at radius 3 is 2.69 bits per heavy atom. The first kappa shape index (κ1) is 20.4. The molecular weight excluding hydrogens is 372 g/mol. The van der Waals surface area contributed by atoms with E-state index in [9.17, 15) is 9.59 Å². The fraction of sp³-hybridized carbons (Fsp3) is 0.381. The Kier molecular flexibility index (Phi) is 6.21. The van der Waals surface area contributed by atoms with Crippen molar-refractivity contribution in [3.8, 4) is 0 Å². The molecule has 1 aromatic carbocycles. The number of aromatic nitrogens is 1. The van der Waals surface area contributed by atoms with Crippen molar-refractivity contribution in [2.75, 3.05) is 17.2 Å². The summed E-state index contributed by atoms with van der Waals surface area (Å²) in [5.74, 6) is 0. The minimum atomic E-state index is -0.571. The van der Waals surface area contributed by atoms with Crippen LogP contribution in [0.25, 0.3) is 0 Å². The standard InChI is InChI=1S/C21H26N4O4/c1-21(2,3)29-20(27)25-16-10-18-17(23-12-16)9-15(11-22-18)24-19(26)28-13-14-7-5-4-6-8-14/h4-8,10,12,15,22H,9,11,13H2,1-3H3,(H,24,26)(H,25,27)/t15-/m1/s1. The van der Waals surface area contributed by atoms with Crippen LogP contribution in [0, 0.1) is 0 Å². The van der Waals surface area contributed by atoms with Crippen LogP contribution in [0.1, 0.15) is 32.0 Å². The fourth-order valence-electron chi connectivity index (χ4n) is 2.87. The van der Waals surface area contributed by atoms with Crippen molar-refractivity contribution in [3.05, 3.63) is 53.9 Å². The molecule has 0 saturated carbocycles. The van der Waals surface area contributed by atoms with Gasteiger partial charge in [0.05, 0.1) is 29.3 Å². The highest BCUT2D eigenvalue weighted by molar-refractivity contribution is 5.85. The van der Waals surface area contributed by atoms with E-state index >= 15 is 0 Å². The number of hydrogen-bond donors (Lipinski definition) is 3. The third kappa shape index (κ3) is 6.38. The number of pyridine rings is 1. The zero-order chi connectivity index (χ0) is 20.9. The maximum atomic E-state index is 12.0. The molecule has 154 valence electrons. The summed E-state index contributed by atoms with van der Waals surface area (Å²) in [5.41, 5.74) is 2.52. The van der Waals surface area contributed by atoms with Gasteiger partial charge in [0.2, 0.25) is 0 Å². The van der Waals surface area contributed by atoms with Crippen molar-refractivity contribution in [1.82, 2.24) is 10.3 Å². The van der Waals surface area contributed by atoms with E-state index in [2.05, 4.69) is 20.9 Å². The highest BCUT2D eigenvalue weighted by atomic mass is 16.6. The van der Waals surface area contributed by atoms with Gasteiger partial charge in [-0.2, -0.15) is 0 Å². The van der Waals surface area contributed by atoms with E-state index in [1.165, 1.54) is 0 Å². The highest BCUT2D eigenvalue weighted by Crippen LogP contribution is 2.24. The minimum Gasteiger partial charge on any atom is -0.445 e. The van der Waals surface area contributed by atoms with E-state index in [0.29, 0.717) is 18.7 Å². The van der Waals surface area contributed by atoms with Crippen molar-refractivity contribution in [2.24, 2.45) is 0 Å². The molecule has 2 heterocycles. The molecule has 3 N–H and O–H groups in total. The molecule has 2 amide bonds. The number of carbonyl (C=O) groups excluding carboxylic acids is 2. The van der Waals surface area contributed by atoms with E-state index in [1.807, 2.05) is 30.3 Å². The Balaban J connectivity index is 1.50. The van der Waals surface area contributed by atoms with Gasteiger partial charge >= 0.3 is 12.2 Å². The van der Waals surface area contributed by atoms with Crippen molar-refractivity contribution in [2.45, 2.75) is 45.4 Å². The molecular formula is C21H26N4O4. The van der Waals surface area contributed by atoms with Gasteiger partial charge in [0.15, 0.2) is 0 Å². The normalized spacial score (nSPS) is 15.5. The monoisotopic (exact) mass is 398 g/mol. The summed E-state index contributed by atoms with van der Waals surface area (Å²) in [6, 6.07) is 11.2. The van der Waals surface area contributed by atoms with E-state index < -0.39 is 17.8 Å². The second kappa shape index (κ2) is 8.81. The van der Waals surface area contributed by atoms with E-state index in [1.54, 1.807) is 33.0 Å². The largest absolute Gasteiger partial charge is 0.445 e. The Labute approximate surface area is 170 Å². The Morgan fingerprint density at radius 1 is 1.21 bits per heavy atom. The van der Waals surface area contributed by atoms with Crippen LogP contribution in [0.5, 0.6) is 0 Å². The summed E-state index contributed by atoms with van der Waals surface area (Å²) in [6.07, 6.45) is 1.14. The van der Waals surface area contributed by atoms with Gasteiger partial charge in [-0.05, 0) is 32.4 Å². The number of carbonyl (C=O) groups is 2. The zero-order valence-corrected chi connectivity index (χ0v) is 16.8. The van der Waals surface area contributed by atoms with Crippen molar-refractivity contribution in [1.29, 1.82) is 0 Å². The first-order chi connectivity index (χ1) is 13.8. The second-order valence-electron chi connectivity index (χ2n) is 7.83. The number of benzene rings is 1. The SMILES string of the molecule is CC(C)(C)OC(=O)Nc1cnc2c(c1)NC[C@H](NC(=O)OCc1ccccc1)C2. The molecule has 0 aliphatic carbocycles. The smallest absolute Gasteiger partial charge is 0.412 e.